The molecule has 8 fully saturated rings. The molecule has 2 saturated heterocycles. The van der Waals surface area contributed by atoms with E-state index < -0.39 is 78.8 Å². The molecule has 81 heavy (non-hydrogen) atoms. The van der Waals surface area contributed by atoms with Gasteiger partial charge in [-0.2, -0.15) is 16.8 Å². The first-order chi connectivity index (χ1) is 37.7. The van der Waals surface area contributed by atoms with E-state index in [1.165, 1.54) is 79.7 Å². The number of rotatable bonds is 16. The monoisotopic (exact) mass is 1190 g/mol. The molecule has 3 heterocycles. The lowest BCUT2D eigenvalue weighted by molar-refractivity contribution is -0.211. The number of hydrogen-bond donors (Lipinski definition) is 1. The van der Waals surface area contributed by atoms with E-state index in [0.29, 0.717) is 48.4 Å². The predicted octanol–water partition coefficient (Wildman–Crippen LogP) is 10.7. The van der Waals surface area contributed by atoms with Crippen LogP contribution in [-0.2, 0) is 73.4 Å². The van der Waals surface area contributed by atoms with Gasteiger partial charge in [-0.3, -0.25) is 28.1 Å². The normalized spacial score (nSPS) is 27.5. The number of carbonyl (C=O) groups is 4. The summed E-state index contributed by atoms with van der Waals surface area (Å²) in [5.41, 5.74) is 1.99. The summed E-state index contributed by atoms with van der Waals surface area (Å²) >= 11 is 0. The van der Waals surface area contributed by atoms with Crippen LogP contribution in [0.5, 0.6) is 5.75 Å². The average molecular weight is 1190 g/mol. The molecule has 8 aliphatic rings. The van der Waals surface area contributed by atoms with Gasteiger partial charge in [0.15, 0.2) is 11.5 Å². The van der Waals surface area contributed by atoms with Gasteiger partial charge in [-0.05, 0) is 205 Å². The standard InChI is InChI=1S/C17H28O2.C15H22O7S.C14H21OS.C8H16O5S.C7H10N2/c1-5-16(2,3)15(18)19-17(4)13-7-11-6-12(9-13)10-14(17)8-11;1-4-15(2,3)14(17)20-7-11(16)21-12-8-5-9-10(6-8)23(18,19)22-13(9)12;1-11-9-13(10-12(2)14(11)15-3)16-7-5-4-6-8-16;1-4-8(2,3)7(9)13-5-6-14(10,11)12;1-9(2)7-3-5-8-6-4-7/h11-14H,5-10H2,1-4H3;8-10,12-13H,4-7H2,1-3H3;9-10H,4-8H2,1-3H3;4-6H2,1-3H3,(H,10,11,12);3-6H,1-2H3/q;;+1;;. The van der Waals surface area contributed by atoms with Crippen molar-refractivity contribution in [3.05, 3.63) is 47.8 Å². The van der Waals surface area contributed by atoms with Crippen LogP contribution in [0.3, 0.4) is 0 Å². The number of aromatic nitrogens is 1. The molecule has 0 spiro atoms. The molecule has 2 aliphatic heterocycles. The molecule has 1 aromatic heterocycles. The van der Waals surface area contributed by atoms with E-state index in [1.54, 1.807) is 52.1 Å². The summed E-state index contributed by atoms with van der Waals surface area (Å²) in [5.74, 6) is 4.77. The van der Waals surface area contributed by atoms with Crippen LogP contribution in [-0.4, -0.2) is 125 Å². The quantitative estimate of drug-likeness (QED) is 0.0542. The van der Waals surface area contributed by atoms with Crippen LogP contribution >= 0.6 is 0 Å². The Balaban J connectivity index is 0.000000191. The fraction of sp³-hybridized carbons (Fsp3) is 0.754. The smallest absolute Gasteiger partial charge is 0.344 e. The zero-order chi connectivity index (χ0) is 60.5. The number of pyridine rings is 1. The van der Waals surface area contributed by atoms with Crippen molar-refractivity contribution < 1.29 is 68.4 Å². The molecule has 20 heteroatoms. The topological polar surface area (TPSA) is 228 Å². The maximum absolute atomic E-state index is 12.5. The highest BCUT2D eigenvalue weighted by Crippen LogP contribution is 2.60. The fourth-order valence-corrected chi connectivity index (χ4v) is 16.8. The van der Waals surface area contributed by atoms with E-state index in [1.807, 2.05) is 58.8 Å². The van der Waals surface area contributed by atoms with E-state index in [9.17, 15) is 36.0 Å². The molecule has 6 saturated carbocycles. The third kappa shape index (κ3) is 17.8. The SMILES string of the molecule is CCC(C)(C)C(=O)OC1(C)C2CC3CC(C2)CC1C3.CCC(C)(C)C(=O)OCC(=O)OC1C2CC3C1OS(=O)(=O)C3C2.CCC(C)(C)C(=O)OCCS(=O)(=O)O.CN(C)c1ccncc1.COc1c(C)cc([S+]2CCCCC2)cc1C. The third-order valence-corrected chi connectivity index (χ3v) is 23.3. The minimum Gasteiger partial charge on any atom is -0.496 e. The number of fused-ring (bicyclic) bond motifs is 1. The maximum Gasteiger partial charge on any atom is 0.344 e. The molecule has 2 aromatic rings. The Bertz CT molecular complexity index is 2620. The predicted molar refractivity (Wildman–Crippen MR) is 316 cm³/mol. The summed E-state index contributed by atoms with van der Waals surface area (Å²) in [7, 11) is -1.29. The minimum atomic E-state index is -4.05. The van der Waals surface area contributed by atoms with Crippen LogP contribution in [0.4, 0.5) is 5.69 Å². The average Bonchev–Trinajstić information content (AvgIpc) is 4.05. The van der Waals surface area contributed by atoms with Crippen LogP contribution in [0.25, 0.3) is 0 Å². The minimum absolute atomic E-state index is 0.0130. The molecule has 5 unspecified atom stereocenters. The summed E-state index contributed by atoms with van der Waals surface area (Å²) in [6.07, 6.45) is 16.6. The molecular weight excluding hydrogens is 1100 g/mol. The Morgan fingerprint density at radius 1 is 0.778 bits per heavy atom. The third-order valence-electron chi connectivity index (χ3n) is 18.4. The van der Waals surface area contributed by atoms with Gasteiger partial charge in [-0.1, -0.05) is 20.8 Å². The van der Waals surface area contributed by atoms with Gasteiger partial charge in [0.25, 0.3) is 20.2 Å². The van der Waals surface area contributed by atoms with Gasteiger partial charge in [0.2, 0.25) is 0 Å². The number of benzene rings is 1. The van der Waals surface area contributed by atoms with E-state index in [2.05, 4.69) is 44.8 Å². The zero-order valence-electron chi connectivity index (χ0n) is 51.2. The highest BCUT2D eigenvalue weighted by Gasteiger charge is 2.65. The summed E-state index contributed by atoms with van der Waals surface area (Å²) in [5, 5.41) is -0.448. The van der Waals surface area contributed by atoms with Crippen molar-refractivity contribution in [3.63, 3.8) is 0 Å². The van der Waals surface area contributed by atoms with Gasteiger partial charge in [-0.15, -0.1) is 0 Å². The van der Waals surface area contributed by atoms with Crippen molar-refractivity contribution in [1.29, 1.82) is 0 Å². The second kappa shape index (κ2) is 28.3. The molecule has 5 atom stereocenters. The lowest BCUT2D eigenvalue weighted by Gasteiger charge is -2.59. The van der Waals surface area contributed by atoms with Crippen molar-refractivity contribution in [1.82, 2.24) is 4.98 Å². The summed E-state index contributed by atoms with van der Waals surface area (Å²) in [4.78, 5) is 55.0. The summed E-state index contributed by atoms with van der Waals surface area (Å²) in [6.45, 7) is 22.5. The van der Waals surface area contributed by atoms with E-state index in [4.69, 9.17) is 32.4 Å². The van der Waals surface area contributed by atoms with Crippen molar-refractivity contribution >= 4 is 60.7 Å². The van der Waals surface area contributed by atoms with Crippen LogP contribution in [0, 0.1) is 65.6 Å². The summed E-state index contributed by atoms with van der Waals surface area (Å²) < 4.78 is 84.4. The molecule has 6 bridgehead atoms. The lowest BCUT2D eigenvalue weighted by Crippen LogP contribution is -2.58. The molecule has 0 radical (unpaired) electrons. The number of methoxy groups -OCH3 is 1. The molecule has 1 aromatic carbocycles. The number of carbonyl (C=O) groups excluding carboxylic acids is 4. The molecule has 10 rings (SSSR count). The Hall–Kier alpha value is -3.98. The number of anilines is 1. The first kappa shape index (κ1) is 67.8. The van der Waals surface area contributed by atoms with Crippen LogP contribution in [0.2, 0.25) is 0 Å². The zero-order valence-corrected chi connectivity index (χ0v) is 53.6. The largest absolute Gasteiger partial charge is 0.496 e. The molecule has 1 N–H and O–H groups in total. The Labute approximate surface area is 488 Å². The Kier molecular flexibility index (Phi) is 23.7. The lowest BCUT2D eigenvalue weighted by atomic mass is 9.50. The number of aryl methyl sites for hydroxylation is 2. The van der Waals surface area contributed by atoms with Crippen molar-refractivity contribution in [2.45, 2.75) is 195 Å². The van der Waals surface area contributed by atoms with Crippen molar-refractivity contribution in [2.24, 2.45) is 51.8 Å². The molecule has 6 aliphatic carbocycles. The first-order valence-corrected chi connectivity index (χ1v) is 33.9. The second-order valence-corrected chi connectivity index (χ2v) is 31.3. The van der Waals surface area contributed by atoms with E-state index in [0.717, 1.165) is 24.0 Å². The molecule has 17 nitrogen and oxygen atoms in total. The van der Waals surface area contributed by atoms with Gasteiger partial charge >= 0.3 is 23.9 Å². The molecular formula is C61H97N2O15S3+. The van der Waals surface area contributed by atoms with Gasteiger partial charge in [0.05, 0.1) is 28.6 Å². The number of ether oxygens (including phenoxy) is 5. The van der Waals surface area contributed by atoms with Crippen molar-refractivity contribution in [3.8, 4) is 5.75 Å². The van der Waals surface area contributed by atoms with Crippen LogP contribution in [0.1, 0.15) is 164 Å². The van der Waals surface area contributed by atoms with Gasteiger partial charge < -0.3 is 28.6 Å². The molecule has 458 valence electrons. The fourth-order valence-electron chi connectivity index (χ4n) is 12.2. The first-order valence-electron chi connectivity index (χ1n) is 29.3. The van der Waals surface area contributed by atoms with Gasteiger partial charge in [0, 0.05) is 54.9 Å². The second-order valence-electron chi connectivity index (χ2n) is 25.7. The Morgan fingerprint density at radius 3 is 1.75 bits per heavy atom. The van der Waals surface area contributed by atoms with Gasteiger partial charge in [-0.25, -0.2) is 4.79 Å². The van der Waals surface area contributed by atoms with Crippen molar-refractivity contribution in [2.75, 3.05) is 56.6 Å². The number of esters is 4. The Morgan fingerprint density at radius 2 is 1.28 bits per heavy atom. The highest BCUT2D eigenvalue weighted by atomic mass is 32.2. The summed E-state index contributed by atoms with van der Waals surface area (Å²) in [6, 6.07) is 8.61. The number of nitrogens with zero attached hydrogens (tertiary/aromatic N) is 2. The van der Waals surface area contributed by atoms with Crippen LogP contribution < -0.4 is 9.64 Å². The van der Waals surface area contributed by atoms with Crippen LogP contribution in [0.15, 0.2) is 41.6 Å². The van der Waals surface area contributed by atoms with Gasteiger partial charge in [0.1, 0.15) is 47.4 Å². The maximum atomic E-state index is 12.5. The highest BCUT2D eigenvalue weighted by molar-refractivity contribution is 7.97. The molecule has 0 amide bonds. The number of hydrogen-bond acceptors (Lipinski definition) is 16. The van der Waals surface area contributed by atoms with E-state index >= 15 is 0 Å². The van der Waals surface area contributed by atoms with E-state index in [-0.39, 0.29) is 35.4 Å².